The molecule has 0 unspecified atom stereocenters. The quantitative estimate of drug-likeness (QED) is 0.374. The molecule has 0 aliphatic carbocycles. The largest absolute Gasteiger partial charge is 0.383 e. The molecule has 0 aliphatic heterocycles. The topological polar surface area (TPSA) is 108 Å². The SMILES string of the molecule is CCCCNc1ccc(S(=O)(=O)N(C)C)cc1NC(=O)C=Cc1ccc(C(=O)NC)cc1. The molecule has 0 saturated heterocycles. The van der Waals surface area contributed by atoms with Crippen molar-refractivity contribution in [3.63, 3.8) is 0 Å². The van der Waals surface area contributed by atoms with Crippen LogP contribution in [0.2, 0.25) is 0 Å². The van der Waals surface area contributed by atoms with Gasteiger partial charge in [-0.05, 0) is 48.4 Å². The summed E-state index contributed by atoms with van der Waals surface area (Å²) in [5, 5.41) is 8.55. The van der Waals surface area contributed by atoms with E-state index in [1.54, 1.807) is 43.5 Å². The third-order valence-corrected chi connectivity index (χ3v) is 6.51. The average Bonchev–Trinajstić information content (AvgIpc) is 2.78. The maximum atomic E-state index is 12.5. The van der Waals surface area contributed by atoms with E-state index in [1.165, 1.54) is 32.3 Å². The van der Waals surface area contributed by atoms with Gasteiger partial charge < -0.3 is 16.0 Å². The maximum Gasteiger partial charge on any atom is 0.251 e. The molecule has 0 aromatic heterocycles. The summed E-state index contributed by atoms with van der Waals surface area (Å²) >= 11 is 0. The fourth-order valence-electron chi connectivity index (χ4n) is 2.79. The van der Waals surface area contributed by atoms with Gasteiger partial charge in [0, 0.05) is 39.3 Å². The van der Waals surface area contributed by atoms with Crippen LogP contribution in [-0.2, 0) is 14.8 Å². The molecule has 0 saturated carbocycles. The van der Waals surface area contributed by atoms with Crippen LogP contribution in [-0.4, -0.2) is 52.2 Å². The number of benzene rings is 2. The fourth-order valence-corrected chi connectivity index (χ4v) is 3.72. The molecule has 2 amide bonds. The van der Waals surface area contributed by atoms with Crippen LogP contribution < -0.4 is 16.0 Å². The van der Waals surface area contributed by atoms with E-state index >= 15 is 0 Å². The van der Waals surface area contributed by atoms with Crippen molar-refractivity contribution in [2.24, 2.45) is 0 Å². The summed E-state index contributed by atoms with van der Waals surface area (Å²) in [4.78, 5) is 24.2. The Balaban J connectivity index is 2.22. The molecule has 2 aromatic rings. The number of carbonyl (C=O) groups excluding carboxylic acids is 2. The third-order valence-electron chi connectivity index (χ3n) is 4.70. The number of amides is 2. The van der Waals surface area contributed by atoms with Gasteiger partial charge in [-0.2, -0.15) is 0 Å². The molecule has 2 aromatic carbocycles. The minimum absolute atomic E-state index is 0.0904. The highest BCUT2D eigenvalue weighted by Crippen LogP contribution is 2.27. The number of rotatable bonds is 10. The Hall–Kier alpha value is -3.17. The van der Waals surface area contributed by atoms with Gasteiger partial charge in [0.2, 0.25) is 15.9 Å². The zero-order valence-corrected chi connectivity index (χ0v) is 19.6. The van der Waals surface area contributed by atoms with E-state index in [9.17, 15) is 18.0 Å². The second-order valence-electron chi connectivity index (χ2n) is 7.30. The minimum Gasteiger partial charge on any atom is -0.383 e. The first-order valence-corrected chi connectivity index (χ1v) is 11.7. The number of hydrogen-bond acceptors (Lipinski definition) is 5. The summed E-state index contributed by atoms with van der Waals surface area (Å²) in [5.74, 6) is -0.591. The molecule has 32 heavy (non-hydrogen) atoms. The van der Waals surface area contributed by atoms with Crippen molar-refractivity contribution < 1.29 is 18.0 Å². The van der Waals surface area contributed by atoms with E-state index in [2.05, 4.69) is 22.9 Å². The molecule has 8 nitrogen and oxygen atoms in total. The Morgan fingerprint density at radius 3 is 2.31 bits per heavy atom. The summed E-state index contributed by atoms with van der Waals surface area (Å²) < 4.78 is 26.1. The highest BCUT2D eigenvalue weighted by Gasteiger charge is 2.19. The van der Waals surface area contributed by atoms with Crippen LogP contribution in [0.3, 0.4) is 0 Å². The van der Waals surface area contributed by atoms with Gasteiger partial charge in [-0.1, -0.05) is 25.5 Å². The van der Waals surface area contributed by atoms with E-state index in [0.717, 1.165) is 22.7 Å². The number of unbranched alkanes of at least 4 members (excludes halogenated alkanes) is 1. The maximum absolute atomic E-state index is 12.5. The number of carbonyl (C=O) groups is 2. The van der Waals surface area contributed by atoms with Crippen molar-refractivity contribution in [1.82, 2.24) is 9.62 Å². The summed E-state index contributed by atoms with van der Waals surface area (Å²) in [7, 11) is 0.833. The van der Waals surface area contributed by atoms with Gasteiger partial charge in [-0.15, -0.1) is 0 Å². The standard InChI is InChI=1S/C23H30N4O4S/c1-5-6-15-25-20-13-12-19(32(30,31)27(3)4)16-21(20)26-22(28)14-9-17-7-10-18(11-8-17)23(29)24-2/h7-14,16,25H,5-6,15H2,1-4H3,(H,24,29)(H,26,28). The molecule has 0 atom stereocenters. The Morgan fingerprint density at radius 2 is 1.72 bits per heavy atom. The van der Waals surface area contributed by atoms with Gasteiger partial charge in [0.1, 0.15) is 0 Å². The van der Waals surface area contributed by atoms with Crippen molar-refractivity contribution in [2.75, 3.05) is 38.3 Å². The molecule has 2 rings (SSSR count). The van der Waals surface area contributed by atoms with E-state index in [-0.39, 0.29) is 10.8 Å². The smallest absolute Gasteiger partial charge is 0.251 e. The van der Waals surface area contributed by atoms with Crippen molar-refractivity contribution in [1.29, 1.82) is 0 Å². The lowest BCUT2D eigenvalue weighted by Crippen LogP contribution is -2.22. The predicted molar refractivity (Wildman–Crippen MR) is 128 cm³/mol. The van der Waals surface area contributed by atoms with Crippen LogP contribution in [0.1, 0.15) is 35.7 Å². The molecule has 9 heteroatoms. The Kier molecular flexibility index (Phi) is 8.98. The highest BCUT2D eigenvalue weighted by molar-refractivity contribution is 7.89. The van der Waals surface area contributed by atoms with Gasteiger partial charge >= 0.3 is 0 Å². The monoisotopic (exact) mass is 458 g/mol. The molecule has 0 fully saturated rings. The third kappa shape index (κ3) is 6.66. The molecular formula is C23H30N4O4S. The highest BCUT2D eigenvalue weighted by atomic mass is 32.2. The van der Waals surface area contributed by atoms with E-state index in [4.69, 9.17) is 0 Å². The van der Waals surface area contributed by atoms with Crippen LogP contribution in [0.15, 0.2) is 53.4 Å². The summed E-state index contributed by atoms with van der Waals surface area (Å²) in [5.41, 5.74) is 2.30. The van der Waals surface area contributed by atoms with E-state index < -0.39 is 15.9 Å². The Labute approximate surface area is 189 Å². The molecule has 0 spiro atoms. The second kappa shape index (κ2) is 11.4. The molecular weight excluding hydrogens is 428 g/mol. The number of sulfonamides is 1. The summed E-state index contributed by atoms with van der Waals surface area (Å²) in [6, 6.07) is 11.4. The predicted octanol–water partition coefficient (Wildman–Crippen LogP) is 3.16. The summed E-state index contributed by atoms with van der Waals surface area (Å²) in [6.45, 7) is 2.77. The minimum atomic E-state index is -3.64. The lowest BCUT2D eigenvalue weighted by molar-refractivity contribution is -0.111. The molecule has 0 aliphatic rings. The van der Waals surface area contributed by atoms with Crippen LogP contribution in [0.4, 0.5) is 11.4 Å². The average molecular weight is 459 g/mol. The molecule has 3 N–H and O–H groups in total. The first-order chi connectivity index (χ1) is 15.2. The van der Waals surface area contributed by atoms with Crippen LogP contribution in [0.25, 0.3) is 6.08 Å². The zero-order valence-electron chi connectivity index (χ0n) is 18.8. The van der Waals surface area contributed by atoms with Crippen molar-refractivity contribution in [3.05, 3.63) is 59.7 Å². The van der Waals surface area contributed by atoms with Crippen molar-refractivity contribution >= 4 is 39.3 Å². The van der Waals surface area contributed by atoms with Gasteiger partial charge in [0.05, 0.1) is 16.3 Å². The molecule has 0 radical (unpaired) electrons. The van der Waals surface area contributed by atoms with Crippen LogP contribution in [0, 0.1) is 0 Å². The normalized spacial score (nSPS) is 11.5. The number of anilines is 2. The first-order valence-electron chi connectivity index (χ1n) is 10.3. The fraction of sp³-hybridized carbons (Fsp3) is 0.304. The van der Waals surface area contributed by atoms with Gasteiger partial charge in [0.25, 0.3) is 5.91 Å². The zero-order chi connectivity index (χ0) is 23.7. The number of nitrogens with one attached hydrogen (secondary N) is 3. The van der Waals surface area contributed by atoms with E-state index in [0.29, 0.717) is 23.5 Å². The molecule has 0 heterocycles. The van der Waals surface area contributed by atoms with Crippen molar-refractivity contribution in [2.45, 2.75) is 24.7 Å². The van der Waals surface area contributed by atoms with Gasteiger partial charge in [0.15, 0.2) is 0 Å². The second-order valence-corrected chi connectivity index (χ2v) is 9.45. The van der Waals surface area contributed by atoms with Gasteiger partial charge in [-0.25, -0.2) is 12.7 Å². The lowest BCUT2D eigenvalue weighted by atomic mass is 10.1. The van der Waals surface area contributed by atoms with Gasteiger partial charge in [-0.3, -0.25) is 9.59 Å². The van der Waals surface area contributed by atoms with Crippen molar-refractivity contribution in [3.8, 4) is 0 Å². The Bertz CT molecular complexity index is 1080. The van der Waals surface area contributed by atoms with E-state index in [1.807, 2.05) is 0 Å². The lowest BCUT2D eigenvalue weighted by Gasteiger charge is -2.16. The molecule has 0 bridgehead atoms. The number of hydrogen-bond donors (Lipinski definition) is 3. The summed E-state index contributed by atoms with van der Waals surface area (Å²) in [6.07, 6.45) is 4.92. The first kappa shape index (κ1) is 25.1. The van der Waals surface area contributed by atoms with Crippen LogP contribution >= 0.6 is 0 Å². The Morgan fingerprint density at radius 1 is 1.03 bits per heavy atom. The molecule has 172 valence electrons. The number of nitrogens with zero attached hydrogens (tertiary/aromatic N) is 1. The van der Waals surface area contributed by atoms with Crippen LogP contribution in [0.5, 0.6) is 0 Å².